The van der Waals surface area contributed by atoms with Gasteiger partial charge in [-0.2, -0.15) is 6.92 Å². The average molecular weight is 545 g/mol. The topological polar surface area (TPSA) is 0 Å². The molecular formula is C7H17PVWY2-2. The first-order valence-electron chi connectivity index (χ1n) is 3.01. The molecule has 0 nitrogen and oxygen atoms in total. The van der Waals surface area contributed by atoms with Gasteiger partial charge in [0.2, 0.25) is 0 Å². The Morgan fingerprint density at radius 1 is 1.42 bits per heavy atom. The van der Waals surface area contributed by atoms with Crippen LogP contribution in [0.2, 0.25) is 0 Å². The normalized spacial score (nSPS) is 7.75. The van der Waals surface area contributed by atoms with E-state index >= 15 is 0 Å². The van der Waals surface area contributed by atoms with Gasteiger partial charge in [-0.1, -0.05) is 6.92 Å². The van der Waals surface area contributed by atoms with Crippen LogP contribution < -0.4 is 0 Å². The largest absolute Gasteiger partial charge is 0.370 e. The summed E-state index contributed by atoms with van der Waals surface area (Å²) in [5.74, 6) is 0.509. The molecule has 0 saturated carbocycles. The van der Waals surface area contributed by atoms with Crippen molar-refractivity contribution in [2.45, 2.75) is 20.8 Å². The fraction of sp³-hybridized carbons (Fsp3) is 0.714. The molecule has 0 fully saturated rings. The van der Waals surface area contributed by atoms with Crippen LogP contribution >= 0.6 is 9.24 Å². The van der Waals surface area contributed by atoms with Crippen molar-refractivity contribution in [1.82, 2.24) is 0 Å². The van der Waals surface area contributed by atoms with Gasteiger partial charge in [0.1, 0.15) is 0 Å². The molecule has 0 aromatic rings. The van der Waals surface area contributed by atoms with Gasteiger partial charge in [-0.25, -0.2) is 0 Å². The summed E-state index contributed by atoms with van der Waals surface area (Å²) in [6.07, 6.45) is 3.22. The summed E-state index contributed by atoms with van der Waals surface area (Å²) in [5, 5.41) is 0. The van der Waals surface area contributed by atoms with Crippen LogP contribution in [0.15, 0.2) is 0 Å². The van der Waals surface area contributed by atoms with Gasteiger partial charge in [0.15, 0.2) is 0 Å². The van der Waals surface area contributed by atoms with Crippen molar-refractivity contribution in [3.8, 4) is 0 Å². The average Bonchev–Trinajstić information content (AvgIpc) is 1.69. The summed E-state index contributed by atoms with van der Waals surface area (Å²) >= 11 is 0. The van der Waals surface area contributed by atoms with E-state index in [1.165, 1.54) is 6.16 Å². The molecule has 5 heteroatoms. The minimum absolute atomic E-state index is 0. The van der Waals surface area contributed by atoms with Crippen molar-refractivity contribution >= 4 is 9.24 Å². The van der Waals surface area contributed by atoms with E-state index in [-0.39, 0.29) is 105 Å². The second kappa shape index (κ2) is 36.3. The molecule has 0 bridgehead atoms. The molecule has 0 amide bonds. The molecule has 0 aliphatic heterocycles. The predicted octanol–water partition coefficient (Wildman–Crippen LogP) is 2.55. The molecule has 2 unspecified atom stereocenters. The first-order chi connectivity index (χ1) is 3.68. The van der Waals surface area contributed by atoms with E-state index in [4.69, 9.17) is 0 Å². The Morgan fingerprint density at radius 3 is 1.50 bits per heavy atom. The minimum atomic E-state index is 0. The molecule has 0 N–H and O–H groups in total. The summed E-state index contributed by atoms with van der Waals surface area (Å²) in [4.78, 5) is 0. The summed E-state index contributed by atoms with van der Waals surface area (Å²) < 4.78 is 0. The Balaban J connectivity index is -0.0000000119. The molecule has 0 rings (SSSR count). The van der Waals surface area contributed by atoms with Crippen LogP contribution in [-0.2, 0) is 105 Å². The summed E-state index contributed by atoms with van der Waals surface area (Å²) in [6.45, 7) is 9.86. The zero-order chi connectivity index (χ0) is 6.99. The molecule has 12 heavy (non-hydrogen) atoms. The van der Waals surface area contributed by atoms with E-state index in [1.54, 1.807) is 0 Å². The molecule has 0 aliphatic carbocycles. The molecule has 3 radical (unpaired) electrons. The second-order valence-electron chi connectivity index (χ2n) is 1.72. The SMILES string of the molecule is CCP.[CH2-]C(C)[CH-]C.[V].[W].[Y].[Y]. The van der Waals surface area contributed by atoms with E-state index in [0.29, 0.717) is 5.92 Å². The molecule has 69 valence electrons. The van der Waals surface area contributed by atoms with Gasteiger partial charge in [0.25, 0.3) is 0 Å². The van der Waals surface area contributed by atoms with Crippen molar-refractivity contribution < 1.29 is 105 Å². The van der Waals surface area contributed by atoms with Gasteiger partial charge in [0, 0.05) is 105 Å². The van der Waals surface area contributed by atoms with Crippen molar-refractivity contribution in [2.75, 3.05) is 6.16 Å². The smallest absolute Gasteiger partial charge is 0 e. The summed E-state index contributed by atoms with van der Waals surface area (Å²) in [7, 11) is 2.58. The number of rotatable bonds is 1. The molecule has 0 saturated heterocycles. The standard InChI is InChI=1S/C5H10.C2H7P.V.W.2Y/c1-4-5(2)3;1-2-3;;;;/h4-5H,2H2,1,3H3;2-3H2,1H3;;;;/q-2;;;;;. The maximum Gasteiger partial charge on any atom is 0 e. The number of hydrogen-bond donors (Lipinski definition) is 0. The molecule has 0 heterocycles. The van der Waals surface area contributed by atoms with Gasteiger partial charge in [-0.15, -0.1) is 16.2 Å². The molecular weight excluding hydrogens is 528 g/mol. The van der Waals surface area contributed by atoms with Crippen LogP contribution in [0.3, 0.4) is 0 Å². The number of hydrogen-bond acceptors (Lipinski definition) is 0. The third kappa shape index (κ3) is 66.4. The third-order valence-electron chi connectivity index (χ3n) is 0.569. The summed E-state index contributed by atoms with van der Waals surface area (Å²) in [5.41, 5.74) is 0. The summed E-state index contributed by atoms with van der Waals surface area (Å²) in [6, 6.07) is 0. The second-order valence-corrected chi connectivity index (χ2v) is 2.54. The van der Waals surface area contributed by atoms with E-state index in [2.05, 4.69) is 36.4 Å². The minimum Gasteiger partial charge on any atom is -0.370 e. The van der Waals surface area contributed by atoms with E-state index < -0.39 is 0 Å². The fourth-order valence-electron chi connectivity index (χ4n) is 0. The fourth-order valence-corrected chi connectivity index (χ4v) is 0. The molecule has 0 aromatic carbocycles. The van der Waals surface area contributed by atoms with Gasteiger partial charge in [-0.05, 0) is 6.16 Å². The van der Waals surface area contributed by atoms with Gasteiger partial charge < -0.3 is 19.3 Å². The predicted molar refractivity (Wildman–Crippen MR) is 44.7 cm³/mol. The molecule has 0 aliphatic rings. The Morgan fingerprint density at radius 2 is 1.50 bits per heavy atom. The first kappa shape index (κ1) is 36.0. The monoisotopic (exact) mass is 545 g/mol. The zero-order valence-corrected chi connectivity index (χ0v) is 19.3. The maximum atomic E-state index is 3.70. The van der Waals surface area contributed by atoms with Crippen LogP contribution in [0, 0.1) is 19.3 Å². The maximum absolute atomic E-state index is 3.70. The van der Waals surface area contributed by atoms with Crippen LogP contribution in [0.5, 0.6) is 0 Å². The van der Waals surface area contributed by atoms with Crippen LogP contribution in [-0.4, -0.2) is 6.16 Å². The third-order valence-corrected chi connectivity index (χ3v) is 0.569. The van der Waals surface area contributed by atoms with Gasteiger partial charge >= 0.3 is 0 Å². The van der Waals surface area contributed by atoms with E-state index in [9.17, 15) is 0 Å². The van der Waals surface area contributed by atoms with E-state index in [1.807, 2.05) is 6.92 Å². The molecule has 0 spiro atoms. The van der Waals surface area contributed by atoms with Crippen molar-refractivity contribution in [2.24, 2.45) is 5.92 Å². The zero-order valence-electron chi connectivity index (χ0n) is 8.16. The first-order valence-corrected chi connectivity index (χ1v) is 3.83. The van der Waals surface area contributed by atoms with Crippen molar-refractivity contribution in [3.63, 3.8) is 0 Å². The van der Waals surface area contributed by atoms with Gasteiger partial charge in [0.05, 0.1) is 0 Å². The van der Waals surface area contributed by atoms with Crippen molar-refractivity contribution in [3.05, 3.63) is 13.3 Å². The van der Waals surface area contributed by atoms with Crippen molar-refractivity contribution in [1.29, 1.82) is 0 Å². The Bertz CT molecular complexity index is 42.6. The van der Waals surface area contributed by atoms with E-state index in [0.717, 1.165) is 0 Å². The Hall–Kier alpha value is 3.91. The Labute approximate surface area is 157 Å². The van der Waals surface area contributed by atoms with Crippen LogP contribution in [0.4, 0.5) is 0 Å². The van der Waals surface area contributed by atoms with Gasteiger partial charge in [-0.3, -0.25) is 0 Å². The van der Waals surface area contributed by atoms with Crippen LogP contribution in [0.25, 0.3) is 0 Å². The quantitative estimate of drug-likeness (QED) is 0.352. The molecule has 2 atom stereocenters. The molecule has 0 aromatic heterocycles. The Kier molecular flexibility index (Phi) is 109. The van der Waals surface area contributed by atoms with Crippen LogP contribution in [0.1, 0.15) is 20.8 Å².